The first-order valence-electron chi connectivity index (χ1n) is 8.42. The average Bonchev–Trinajstić information content (AvgIpc) is 3.27. The van der Waals surface area contributed by atoms with Crippen molar-refractivity contribution in [2.45, 2.75) is 17.8 Å². The number of anilines is 1. The second-order valence-corrected chi connectivity index (χ2v) is 8.47. The summed E-state index contributed by atoms with van der Waals surface area (Å²) in [6.07, 6.45) is -1.94. The number of amides is 2. The number of thioether (sulfide) groups is 1. The summed E-state index contributed by atoms with van der Waals surface area (Å²) in [5, 5.41) is 3.82. The molecule has 0 saturated carbocycles. The van der Waals surface area contributed by atoms with Crippen LogP contribution in [0.4, 0.5) is 24.0 Å². The highest BCUT2D eigenvalue weighted by molar-refractivity contribution is 8.15. The Kier molecular flexibility index (Phi) is 6.84. The van der Waals surface area contributed by atoms with Crippen molar-refractivity contribution >= 4 is 62.5 Å². The van der Waals surface area contributed by atoms with Gasteiger partial charge in [-0.3, -0.25) is 14.5 Å². The van der Waals surface area contributed by atoms with Crippen molar-refractivity contribution in [2.24, 2.45) is 4.99 Å². The number of aromatic nitrogens is 1. The van der Waals surface area contributed by atoms with Crippen LogP contribution in [0, 0.1) is 0 Å². The summed E-state index contributed by atoms with van der Waals surface area (Å²) in [6.45, 7) is 3.79. The molecule has 1 atom stereocenters. The lowest BCUT2D eigenvalue weighted by Gasteiger charge is -2.15. The van der Waals surface area contributed by atoms with Gasteiger partial charge >= 0.3 is 6.18 Å². The minimum atomic E-state index is -4.69. The number of halogens is 4. The number of carbonyl (C=O) groups is 2. The number of alkyl halides is 3. The van der Waals surface area contributed by atoms with E-state index in [-0.39, 0.29) is 23.9 Å². The highest BCUT2D eigenvalue weighted by atomic mass is 35.5. The first-order chi connectivity index (χ1) is 14.2. The van der Waals surface area contributed by atoms with Gasteiger partial charge in [-0.1, -0.05) is 29.4 Å². The lowest BCUT2D eigenvalue weighted by atomic mass is 10.1. The van der Waals surface area contributed by atoms with E-state index in [0.717, 1.165) is 23.9 Å². The van der Waals surface area contributed by atoms with E-state index < -0.39 is 28.6 Å². The van der Waals surface area contributed by atoms with Gasteiger partial charge in [0.25, 0.3) is 0 Å². The summed E-state index contributed by atoms with van der Waals surface area (Å²) in [6, 6.07) is 3.05. The molecular weight excluding hydrogens is 461 g/mol. The monoisotopic (exact) mass is 474 g/mol. The fourth-order valence-electron chi connectivity index (χ4n) is 2.60. The average molecular weight is 475 g/mol. The van der Waals surface area contributed by atoms with Crippen LogP contribution in [0.5, 0.6) is 0 Å². The number of carbonyl (C=O) groups excluding carboxylic acids is 2. The summed E-state index contributed by atoms with van der Waals surface area (Å²) in [5.74, 6) is -1.11. The Balaban J connectivity index is 1.76. The van der Waals surface area contributed by atoms with E-state index in [1.165, 1.54) is 28.4 Å². The Morgan fingerprint density at radius 1 is 1.43 bits per heavy atom. The number of rotatable bonds is 6. The smallest absolute Gasteiger partial charge is 0.325 e. The molecular formula is C18H14ClF3N4O2S2. The minimum absolute atomic E-state index is 0.107. The summed E-state index contributed by atoms with van der Waals surface area (Å²) < 4.78 is 39.6. The number of benzene rings is 1. The van der Waals surface area contributed by atoms with Gasteiger partial charge in [-0.05, 0) is 18.2 Å². The lowest BCUT2D eigenvalue weighted by Crippen LogP contribution is -2.33. The fourth-order valence-corrected chi connectivity index (χ4v) is 4.49. The van der Waals surface area contributed by atoms with E-state index in [2.05, 4.69) is 21.9 Å². The molecule has 2 amide bonds. The third-order valence-corrected chi connectivity index (χ3v) is 5.95. The maximum Gasteiger partial charge on any atom is 0.418 e. The van der Waals surface area contributed by atoms with E-state index in [4.69, 9.17) is 11.6 Å². The molecule has 0 bridgehead atoms. The predicted molar refractivity (Wildman–Crippen MR) is 112 cm³/mol. The molecule has 1 N–H and O–H groups in total. The predicted octanol–water partition coefficient (Wildman–Crippen LogP) is 4.96. The number of nitrogens with one attached hydrogen (secondary N) is 1. The maximum atomic E-state index is 13.2. The number of hydrogen-bond donors (Lipinski definition) is 1. The molecule has 6 nitrogen and oxygen atoms in total. The third-order valence-electron chi connectivity index (χ3n) is 3.87. The van der Waals surface area contributed by atoms with E-state index in [0.29, 0.717) is 10.3 Å². The van der Waals surface area contributed by atoms with Gasteiger partial charge in [0, 0.05) is 29.6 Å². The highest BCUT2D eigenvalue weighted by Gasteiger charge is 2.39. The number of amidine groups is 1. The number of hydrogen-bond acceptors (Lipinski definition) is 6. The van der Waals surface area contributed by atoms with Gasteiger partial charge in [0.15, 0.2) is 5.17 Å². The first-order valence-corrected chi connectivity index (χ1v) is 10.6. The lowest BCUT2D eigenvalue weighted by molar-refractivity contribution is -0.137. The molecule has 1 fully saturated rings. The van der Waals surface area contributed by atoms with Gasteiger partial charge in [-0.2, -0.15) is 18.2 Å². The summed E-state index contributed by atoms with van der Waals surface area (Å²) in [5.41, 5.74) is -1.49. The number of nitrogens with zero attached hydrogens (tertiary/aromatic N) is 3. The number of aliphatic imine (C=N–C) groups is 1. The maximum absolute atomic E-state index is 13.2. The molecule has 2 heterocycles. The van der Waals surface area contributed by atoms with E-state index in [9.17, 15) is 22.8 Å². The Morgan fingerprint density at radius 3 is 2.83 bits per heavy atom. The molecule has 0 aliphatic carbocycles. The van der Waals surface area contributed by atoms with Crippen LogP contribution in [-0.2, 0) is 15.8 Å². The van der Waals surface area contributed by atoms with Gasteiger partial charge in [0.2, 0.25) is 16.9 Å². The summed E-state index contributed by atoms with van der Waals surface area (Å²) in [4.78, 5) is 34.8. The molecule has 1 aliphatic heterocycles. The van der Waals surface area contributed by atoms with Crippen LogP contribution in [0.1, 0.15) is 12.0 Å². The first kappa shape index (κ1) is 22.3. The molecule has 1 saturated heterocycles. The van der Waals surface area contributed by atoms with E-state index in [1.807, 2.05) is 0 Å². The van der Waals surface area contributed by atoms with Crippen molar-refractivity contribution in [3.8, 4) is 0 Å². The molecule has 2 aromatic rings. The molecule has 1 aromatic heterocycles. The highest BCUT2D eigenvalue weighted by Crippen LogP contribution is 2.37. The van der Waals surface area contributed by atoms with Crippen LogP contribution < -0.4 is 5.32 Å². The topological polar surface area (TPSA) is 74.7 Å². The molecule has 0 radical (unpaired) electrons. The van der Waals surface area contributed by atoms with Gasteiger partial charge in [0.1, 0.15) is 5.25 Å². The quantitative estimate of drug-likeness (QED) is 0.600. The summed E-state index contributed by atoms with van der Waals surface area (Å²) in [7, 11) is 0. The van der Waals surface area contributed by atoms with Crippen LogP contribution >= 0.6 is 34.7 Å². The Morgan fingerprint density at radius 2 is 2.20 bits per heavy atom. The van der Waals surface area contributed by atoms with Crippen molar-refractivity contribution in [3.63, 3.8) is 0 Å². The summed E-state index contributed by atoms with van der Waals surface area (Å²) >= 11 is 7.98. The Hall–Kier alpha value is -2.37. The van der Waals surface area contributed by atoms with Crippen molar-refractivity contribution in [1.29, 1.82) is 0 Å². The Labute approximate surface area is 182 Å². The normalized spacial score (nSPS) is 18.1. The fraction of sp³-hybridized carbons (Fsp3) is 0.222. The Bertz CT molecular complexity index is 996. The van der Waals surface area contributed by atoms with Gasteiger partial charge in [-0.25, -0.2) is 4.98 Å². The van der Waals surface area contributed by atoms with Crippen LogP contribution in [0.25, 0.3) is 0 Å². The van der Waals surface area contributed by atoms with E-state index >= 15 is 0 Å². The molecule has 1 aliphatic rings. The second-order valence-electron chi connectivity index (χ2n) is 5.99. The van der Waals surface area contributed by atoms with Crippen LogP contribution in [0.15, 0.2) is 47.4 Å². The van der Waals surface area contributed by atoms with Crippen molar-refractivity contribution in [3.05, 3.63) is 53.0 Å². The minimum Gasteiger partial charge on any atom is -0.325 e. The molecule has 1 aromatic carbocycles. The van der Waals surface area contributed by atoms with Crippen LogP contribution in [0.2, 0.25) is 5.02 Å². The zero-order valence-electron chi connectivity index (χ0n) is 15.1. The standard InChI is InChI=1S/C18H14ClF3N4O2S2/c1-2-6-26-15(28)13(30-17(26)25-16-23-5-7-29-16)9-14(27)24-12-4-3-10(19)8-11(12)18(20,21)22/h2-5,7-8,13H,1,6,9H2,(H,24,27)/b25-17+. The van der Waals surface area contributed by atoms with Gasteiger partial charge in [0.05, 0.1) is 11.3 Å². The van der Waals surface area contributed by atoms with Crippen LogP contribution in [-0.4, -0.2) is 38.7 Å². The molecule has 1 unspecified atom stereocenters. The molecule has 0 spiro atoms. The third kappa shape index (κ3) is 5.21. The molecule has 12 heteroatoms. The van der Waals surface area contributed by atoms with Crippen molar-refractivity contribution < 1.29 is 22.8 Å². The molecule has 30 heavy (non-hydrogen) atoms. The van der Waals surface area contributed by atoms with Crippen LogP contribution in [0.3, 0.4) is 0 Å². The van der Waals surface area contributed by atoms with Crippen molar-refractivity contribution in [1.82, 2.24) is 9.88 Å². The zero-order valence-corrected chi connectivity index (χ0v) is 17.5. The van der Waals surface area contributed by atoms with Crippen molar-refractivity contribution in [2.75, 3.05) is 11.9 Å². The number of thiazole rings is 1. The second kappa shape index (κ2) is 9.19. The molecule has 158 valence electrons. The van der Waals surface area contributed by atoms with Gasteiger partial charge in [-0.15, -0.1) is 17.9 Å². The SMILES string of the molecule is C=CCN1C(=O)C(CC(=O)Nc2ccc(Cl)cc2C(F)(F)F)S/C1=N/c1nccs1. The zero-order chi connectivity index (χ0) is 21.9. The van der Waals surface area contributed by atoms with Gasteiger partial charge < -0.3 is 5.32 Å². The van der Waals surface area contributed by atoms with E-state index in [1.54, 1.807) is 11.6 Å². The molecule has 3 rings (SSSR count). The largest absolute Gasteiger partial charge is 0.418 e.